The molecule has 112 valence electrons. The number of hydrogen-bond acceptors (Lipinski definition) is 4. The lowest BCUT2D eigenvalue weighted by molar-refractivity contribution is -0.147. The Hall–Kier alpha value is -1.55. The predicted molar refractivity (Wildman–Crippen MR) is 79.8 cm³/mol. The molecule has 0 saturated carbocycles. The molecule has 1 unspecified atom stereocenters. The van der Waals surface area contributed by atoms with Crippen molar-refractivity contribution in [1.82, 2.24) is 4.90 Å². The van der Waals surface area contributed by atoms with E-state index < -0.39 is 0 Å². The summed E-state index contributed by atoms with van der Waals surface area (Å²) in [6.45, 7) is 2.84. The molecule has 0 fully saturated rings. The monoisotopic (exact) mass is 279 g/mol. The van der Waals surface area contributed by atoms with E-state index in [2.05, 4.69) is 6.92 Å². The maximum atomic E-state index is 11.9. The van der Waals surface area contributed by atoms with E-state index in [1.807, 2.05) is 36.2 Å². The van der Waals surface area contributed by atoms with E-state index in [0.29, 0.717) is 6.54 Å². The van der Waals surface area contributed by atoms with Gasteiger partial charge >= 0.3 is 5.97 Å². The normalized spacial score (nSPS) is 12.2. The van der Waals surface area contributed by atoms with Gasteiger partial charge in [-0.15, -0.1) is 0 Å². The minimum Gasteiger partial charge on any atom is -0.497 e. The van der Waals surface area contributed by atoms with E-state index in [9.17, 15) is 4.79 Å². The van der Waals surface area contributed by atoms with E-state index in [0.717, 1.165) is 30.6 Å². The topological polar surface area (TPSA) is 38.8 Å². The molecule has 4 nitrogen and oxygen atoms in total. The predicted octanol–water partition coefficient (Wildman–Crippen LogP) is 2.86. The molecule has 1 rings (SSSR count). The molecule has 0 radical (unpaired) electrons. The average molecular weight is 279 g/mol. The Bertz CT molecular complexity index is 403. The van der Waals surface area contributed by atoms with Gasteiger partial charge in [0.05, 0.1) is 14.2 Å². The number of unbranched alkanes of at least 4 members (excludes halogenated alkanes) is 1. The lowest BCUT2D eigenvalue weighted by atomic mass is 10.1. The molecule has 1 aromatic rings. The molecule has 0 saturated heterocycles. The summed E-state index contributed by atoms with van der Waals surface area (Å²) in [7, 11) is 5.06. The van der Waals surface area contributed by atoms with Crippen LogP contribution >= 0.6 is 0 Å². The van der Waals surface area contributed by atoms with Crippen LogP contribution in [0.15, 0.2) is 24.3 Å². The van der Waals surface area contributed by atoms with Crippen LogP contribution in [-0.2, 0) is 16.1 Å². The fourth-order valence-electron chi connectivity index (χ4n) is 2.18. The number of ether oxygens (including phenoxy) is 2. The lowest BCUT2D eigenvalue weighted by Crippen LogP contribution is -2.38. The standard InChI is InChI=1S/C16H25NO3/c1-5-6-7-15(16(18)20-4)17(2)12-13-8-10-14(19-3)11-9-13/h8-11,15H,5-7,12H2,1-4H3. The van der Waals surface area contributed by atoms with Crippen molar-refractivity contribution < 1.29 is 14.3 Å². The van der Waals surface area contributed by atoms with Crippen molar-refractivity contribution in [1.29, 1.82) is 0 Å². The summed E-state index contributed by atoms with van der Waals surface area (Å²) < 4.78 is 10.0. The van der Waals surface area contributed by atoms with Gasteiger partial charge in [-0.3, -0.25) is 9.69 Å². The molecular formula is C16H25NO3. The van der Waals surface area contributed by atoms with Crippen LogP contribution in [0.2, 0.25) is 0 Å². The van der Waals surface area contributed by atoms with Gasteiger partial charge in [0.2, 0.25) is 0 Å². The van der Waals surface area contributed by atoms with Crippen molar-refractivity contribution in [3.05, 3.63) is 29.8 Å². The molecule has 1 aromatic carbocycles. The van der Waals surface area contributed by atoms with Gasteiger partial charge in [0.15, 0.2) is 0 Å². The quantitative estimate of drug-likeness (QED) is 0.686. The van der Waals surface area contributed by atoms with Crippen molar-refractivity contribution in [2.75, 3.05) is 21.3 Å². The Kier molecular flexibility index (Phi) is 7.09. The molecule has 0 amide bonds. The third kappa shape index (κ3) is 4.85. The summed E-state index contributed by atoms with van der Waals surface area (Å²) in [6, 6.07) is 7.72. The molecular weight excluding hydrogens is 254 g/mol. The second-order valence-electron chi connectivity index (χ2n) is 4.94. The highest BCUT2D eigenvalue weighted by Gasteiger charge is 2.23. The number of likely N-dealkylation sites (N-methyl/N-ethyl adjacent to an activating group) is 1. The van der Waals surface area contributed by atoms with Gasteiger partial charge < -0.3 is 9.47 Å². The summed E-state index contributed by atoms with van der Waals surface area (Å²) in [5.41, 5.74) is 1.15. The highest BCUT2D eigenvalue weighted by Crippen LogP contribution is 2.16. The first-order valence-corrected chi connectivity index (χ1v) is 7.03. The van der Waals surface area contributed by atoms with Crippen molar-refractivity contribution in [3.8, 4) is 5.75 Å². The number of methoxy groups -OCH3 is 2. The molecule has 0 aliphatic carbocycles. The summed E-state index contributed by atoms with van der Waals surface area (Å²) in [4.78, 5) is 13.9. The number of carbonyl (C=O) groups excluding carboxylic acids is 1. The fraction of sp³-hybridized carbons (Fsp3) is 0.562. The molecule has 0 bridgehead atoms. The molecule has 0 N–H and O–H groups in total. The summed E-state index contributed by atoms with van der Waals surface area (Å²) in [5, 5.41) is 0. The van der Waals surface area contributed by atoms with Crippen LogP contribution < -0.4 is 4.74 Å². The first-order valence-electron chi connectivity index (χ1n) is 7.03. The molecule has 20 heavy (non-hydrogen) atoms. The first-order chi connectivity index (χ1) is 9.62. The van der Waals surface area contributed by atoms with E-state index in [4.69, 9.17) is 9.47 Å². The molecule has 1 atom stereocenters. The van der Waals surface area contributed by atoms with Crippen LogP contribution in [0, 0.1) is 0 Å². The van der Waals surface area contributed by atoms with Crippen molar-refractivity contribution in [2.45, 2.75) is 38.8 Å². The third-order valence-corrected chi connectivity index (χ3v) is 3.43. The number of benzene rings is 1. The largest absolute Gasteiger partial charge is 0.497 e. The van der Waals surface area contributed by atoms with Gasteiger partial charge in [0.1, 0.15) is 11.8 Å². The summed E-state index contributed by atoms with van der Waals surface area (Å²) in [5.74, 6) is 0.682. The van der Waals surface area contributed by atoms with Crippen LogP contribution in [0.1, 0.15) is 31.7 Å². The first kappa shape index (κ1) is 16.5. The zero-order valence-corrected chi connectivity index (χ0v) is 12.9. The maximum Gasteiger partial charge on any atom is 0.323 e. The lowest BCUT2D eigenvalue weighted by Gasteiger charge is -2.26. The Morgan fingerprint density at radius 1 is 1.25 bits per heavy atom. The number of carbonyl (C=O) groups is 1. The molecule has 0 aromatic heterocycles. The van der Waals surface area contributed by atoms with Crippen LogP contribution in [0.25, 0.3) is 0 Å². The zero-order valence-electron chi connectivity index (χ0n) is 12.9. The van der Waals surface area contributed by atoms with Crippen molar-refractivity contribution in [2.24, 2.45) is 0 Å². The summed E-state index contributed by atoms with van der Waals surface area (Å²) in [6.07, 6.45) is 2.92. The number of hydrogen-bond donors (Lipinski definition) is 0. The smallest absolute Gasteiger partial charge is 0.323 e. The Morgan fingerprint density at radius 3 is 2.40 bits per heavy atom. The second-order valence-corrected chi connectivity index (χ2v) is 4.94. The third-order valence-electron chi connectivity index (χ3n) is 3.43. The van der Waals surface area contributed by atoms with Gasteiger partial charge in [0.25, 0.3) is 0 Å². The molecule has 0 heterocycles. The van der Waals surface area contributed by atoms with Crippen molar-refractivity contribution >= 4 is 5.97 Å². The van der Waals surface area contributed by atoms with E-state index in [1.165, 1.54) is 7.11 Å². The van der Waals surface area contributed by atoms with Gasteiger partial charge in [-0.2, -0.15) is 0 Å². The Labute approximate surface area is 121 Å². The number of esters is 1. The van der Waals surface area contributed by atoms with Gasteiger partial charge in [0, 0.05) is 6.54 Å². The highest BCUT2D eigenvalue weighted by molar-refractivity contribution is 5.75. The number of nitrogens with zero attached hydrogens (tertiary/aromatic N) is 1. The minimum absolute atomic E-state index is 0.158. The van der Waals surface area contributed by atoms with Crippen LogP contribution in [0.3, 0.4) is 0 Å². The zero-order chi connectivity index (χ0) is 15.0. The van der Waals surface area contributed by atoms with Gasteiger partial charge in [-0.25, -0.2) is 0 Å². The second kappa shape index (κ2) is 8.59. The maximum absolute atomic E-state index is 11.9. The molecule has 0 aliphatic heterocycles. The van der Waals surface area contributed by atoms with E-state index >= 15 is 0 Å². The van der Waals surface area contributed by atoms with E-state index in [-0.39, 0.29) is 12.0 Å². The van der Waals surface area contributed by atoms with Crippen LogP contribution in [0.5, 0.6) is 5.75 Å². The minimum atomic E-state index is -0.179. The average Bonchev–Trinajstić information content (AvgIpc) is 2.48. The molecule has 0 aliphatic rings. The highest BCUT2D eigenvalue weighted by atomic mass is 16.5. The van der Waals surface area contributed by atoms with Gasteiger partial charge in [-0.05, 0) is 31.2 Å². The molecule has 4 heteroatoms. The Balaban J connectivity index is 2.68. The van der Waals surface area contributed by atoms with Crippen LogP contribution in [0.4, 0.5) is 0 Å². The molecule has 0 spiro atoms. The van der Waals surface area contributed by atoms with E-state index in [1.54, 1.807) is 7.11 Å². The van der Waals surface area contributed by atoms with Crippen molar-refractivity contribution in [3.63, 3.8) is 0 Å². The number of rotatable bonds is 8. The van der Waals surface area contributed by atoms with Gasteiger partial charge in [-0.1, -0.05) is 31.9 Å². The Morgan fingerprint density at radius 2 is 1.90 bits per heavy atom. The fourth-order valence-corrected chi connectivity index (χ4v) is 2.18. The van der Waals surface area contributed by atoms with Crippen LogP contribution in [-0.4, -0.2) is 38.2 Å². The summed E-state index contributed by atoms with van der Waals surface area (Å²) >= 11 is 0. The SMILES string of the molecule is CCCCC(C(=O)OC)N(C)Cc1ccc(OC)cc1.